The summed E-state index contributed by atoms with van der Waals surface area (Å²) in [5, 5.41) is 20.7. The monoisotopic (exact) mass is 457 g/mol. The number of carbonyl (C=O) groups excluding carboxylic acids is 2. The van der Waals surface area contributed by atoms with Crippen LogP contribution in [0.5, 0.6) is 5.75 Å². The van der Waals surface area contributed by atoms with Crippen LogP contribution in [0, 0.1) is 0 Å². The molecule has 0 bridgehead atoms. The molecule has 0 saturated heterocycles. The summed E-state index contributed by atoms with van der Waals surface area (Å²) in [5.74, 6) is 3.84. The number of benzene rings is 2. The van der Waals surface area contributed by atoms with Crippen molar-refractivity contribution in [3.8, 4) is 5.75 Å². The number of carbonyl (C=O) groups is 3. The summed E-state index contributed by atoms with van der Waals surface area (Å²) in [5.41, 5.74) is 2.00. The minimum absolute atomic E-state index is 0.0453. The number of hydrazone groups is 1. The van der Waals surface area contributed by atoms with Crippen LogP contribution in [-0.2, 0) is 16.0 Å². The van der Waals surface area contributed by atoms with Crippen LogP contribution in [0.4, 0.5) is 16.2 Å². The fourth-order valence-electron chi connectivity index (χ4n) is 2.87. The molecule has 0 aliphatic carbocycles. The van der Waals surface area contributed by atoms with E-state index < -0.39 is 18.1 Å². The molecule has 11 heteroatoms. The summed E-state index contributed by atoms with van der Waals surface area (Å²) in [7, 11) is 1.43. The molecule has 0 saturated carbocycles. The molecule has 1 unspecified atom stereocenters. The standard InChI is InChI=1S/C22H27N5O6/c1-13(2)33-22(31)27-18(21(29)30)10-14-7-8-17(11-19(14)32-3)26-20(28)15-5-4-6-16(9-15)24-12-25-23/h4-9,11-13,18H,10,23H2,1-3H3,(H,24,25)(H,26,28)(H,27,31)(H,29,30). The Hall–Kier alpha value is -4.28. The second kappa shape index (κ2) is 11.9. The van der Waals surface area contributed by atoms with Gasteiger partial charge in [-0.1, -0.05) is 12.1 Å². The average Bonchev–Trinajstić information content (AvgIpc) is 2.77. The van der Waals surface area contributed by atoms with E-state index >= 15 is 0 Å². The number of nitrogens with zero attached hydrogens (tertiary/aromatic N) is 1. The zero-order chi connectivity index (χ0) is 24.4. The summed E-state index contributed by atoms with van der Waals surface area (Å²) in [4.78, 5) is 36.0. The number of carboxylic acids is 1. The zero-order valence-electron chi connectivity index (χ0n) is 18.5. The minimum atomic E-state index is -1.22. The van der Waals surface area contributed by atoms with E-state index in [0.717, 1.165) is 0 Å². The van der Waals surface area contributed by atoms with Gasteiger partial charge in [0.25, 0.3) is 5.91 Å². The van der Waals surface area contributed by atoms with E-state index in [1.165, 1.54) is 13.4 Å². The van der Waals surface area contributed by atoms with Gasteiger partial charge in [-0.15, -0.1) is 0 Å². The van der Waals surface area contributed by atoms with Gasteiger partial charge in [-0.25, -0.2) is 9.59 Å². The highest BCUT2D eigenvalue weighted by Crippen LogP contribution is 2.25. The predicted molar refractivity (Wildman–Crippen MR) is 124 cm³/mol. The lowest BCUT2D eigenvalue weighted by Gasteiger charge is -2.18. The first-order valence-electron chi connectivity index (χ1n) is 10.00. The Morgan fingerprint density at radius 3 is 2.55 bits per heavy atom. The number of methoxy groups -OCH3 is 1. The van der Waals surface area contributed by atoms with Gasteiger partial charge in [-0.3, -0.25) is 4.79 Å². The third-order valence-corrected chi connectivity index (χ3v) is 4.33. The van der Waals surface area contributed by atoms with Gasteiger partial charge in [0.05, 0.1) is 13.2 Å². The van der Waals surface area contributed by atoms with Crippen LogP contribution in [0.15, 0.2) is 47.6 Å². The second-order valence-electron chi connectivity index (χ2n) is 7.18. The number of aliphatic carboxylic acids is 1. The predicted octanol–water partition coefficient (Wildman–Crippen LogP) is 2.39. The number of hydrogen-bond donors (Lipinski definition) is 5. The molecular weight excluding hydrogens is 430 g/mol. The Kier molecular flexibility index (Phi) is 9.04. The fourth-order valence-corrected chi connectivity index (χ4v) is 2.87. The lowest BCUT2D eigenvalue weighted by atomic mass is 10.0. The molecule has 1 atom stereocenters. The molecule has 2 amide bonds. The second-order valence-corrected chi connectivity index (χ2v) is 7.18. The first kappa shape index (κ1) is 25.0. The third-order valence-electron chi connectivity index (χ3n) is 4.33. The van der Waals surface area contributed by atoms with Gasteiger partial charge in [0.1, 0.15) is 18.1 Å². The molecule has 6 N–H and O–H groups in total. The normalized spacial score (nSPS) is 11.6. The van der Waals surface area contributed by atoms with Crippen LogP contribution in [0.2, 0.25) is 0 Å². The number of anilines is 2. The highest BCUT2D eigenvalue weighted by atomic mass is 16.6. The van der Waals surface area contributed by atoms with Crippen molar-refractivity contribution in [1.82, 2.24) is 5.32 Å². The molecule has 0 radical (unpaired) electrons. The van der Waals surface area contributed by atoms with Crippen LogP contribution in [0.25, 0.3) is 0 Å². The van der Waals surface area contributed by atoms with Crippen LogP contribution >= 0.6 is 0 Å². The number of rotatable bonds is 10. The number of ether oxygens (including phenoxy) is 2. The number of hydrogen-bond acceptors (Lipinski definition) is 7. The molecule has 0 spiro atoms. The highest BCUT2D eigenvalue weighted by Gasteiger charge is 2.23. The fraction of sp³-hybridized carbons (Fsp3) is 0.273. The smallest absolute Gasteiger partial charge is 0.408 e. The Morgan fingerprint density at radius 1 is 1.15 bits per heavy atom. The highest BCUT2D eigenvalue weighted by molar-refractivity contribution is 6.05. The summed E-state index contributed by atoms with van der Waals surface area (Å²) in [6.07, 6.45) is 0.0375. The minimum Gasteiger partial charge on any atom is -0.496 e. The molecular formula is C22H27N5O6. The van der Waals surface area contributed by atoms with Crippen LogP contribution in [0.1, 0.15) is 29.8 Å². The van der Waals surface area contributed by atoms with Gasteiger partial charge >= 0.3 is 12.1 Å². The largest absolute Gasteiger partial charge is 0.496 e. The van der Waals surface area contributed by atoms with E-state index in [2.05, 4.69) is 21.1 Å². The van der Waals surface area contributed by atoms with Crippen molar-refractivity contribution in [3.05, 3.63) is 53.6 Å². The van der Waals surface area contributed by atoms with Gasteiger partial charge in [0.2, 0.25) is 0 Å². The van der Waals surface area contributed by atoms with Crippen molar-refractivity contribution in [2.24, 2.45) is 10.9 Å². The molecule has 2 aromatic rings. The van der Waals surface area contributed by atoms with Crippen molar-refractivity contribution < 1.29 is 29.0 Å². The Bertz CT molecular complexity index is 1020. The molecule has 0 aliphatic rings. The van der Waals surface area contributed by atoms with Gasteiger partial charge < -0.3 is 36.4 Å². The Labute approximate surface area is 190 Å². The molecule has 0 heterocycles. The summed E-state index contributed by atoms with van der Waals surface area (Å²) in [6.45, 7) is 3.32. The number of alkyl carbamates (subject to hydrolysis) is 1. The van der Waals surface area contributed by atoms with E-state index in [1.807, 2.05) is 0 Å². The number of nitrogens with two attached hydrogens (primary N) is 1. The topological polar surface area (TPSA) is 164 Å². The lowest BCUT2D eigenvalue weighted by Crippen LogP contribution is -2.43. The summed E-state index contributed by atoms with van der Waals surface area (Å²) >= 11 is 0. The van der Waals surface area contributed by atoms with Crippen molar-refractivity contribution in [3.63, 3.8) is 0 Å². The van der Waals surface area contributed by atoms with Gasteiger partial charge in [-0.05, 0) is 43.7 Å². The molecule has 2 aromatic carbocycles. The van der Waals surface area contributed by atoms with E-state index in [9.17, 15) is 19.5 Å². The maximum atomic E-state index is 12.6. The van der Waals surface area contributed by atoms with Crippen molar-refractivity contribution in [2.45, 2.75) is 32.4 Å². The summed E-state index contributed by atoms with van der Waals surface area (Å²) in [6, 6.07) is 10.3. The Balaban J connectivity index is 2.14. The first-order valence-corrected chi connectivity index (χ1v) is 10.00. The van der Waals surface area contributed by atoms with E-state index in [1.54, 1.807) is 56.3 Å². The maximum absolute atomic E-state index is 12.6. The summed E-state index contributed by atoms with van der Waals surface area (Å²) < 4.78 is 10.3. The van der Waals surface area contributed by atoms with E-state index in [-0.39, 0.29) is 18.4 Å². The van der Waals surface area contributed by atoms with Gasteiger partial charge in [0.15, 0.2) is 0 Å². The van der Waals surface area contributed by atoms with Crippen LogP contribution < -0.4 is 26.5 Å². The zero-order valence-corrected chi connectivity index (χ0v) is 18.5. The quantitative estimate of drug-likeness (QED) is 0.157. The lowest BCUT2D eigenvalue weighted by molar-refractivity contribution is -0.139. The number of carboxylic acid groups (broad SMARTS) is 1. The number of amides is 2. The molecule has 11 nitrogen and oxygen atoms in total. The molecule has 2 rings (SSSR count). The van der Waals surface area contributed by atoms with Gasteiger partial charge in [0, 0.05) is 29.4 Å². The van der Waals surface area contributed by atoms with Crippen molar-refractivity contribution in [1.29, 1.82) is 0 Å². The molecule has 176 valence electrons. The SMILES string of the molecule is COc1cc(NC(=O)c2cccc(NC=NN)c2)ccc1CC(NC(=O)OC(C)C)C(=O)O. The first-order chi connectivity index (χ1) is 15.7. The molecule has 0 fully saturated rings. The number of nitrogens with one attached hydrogen (secondary N) is 3. The maximum Gasteiger partial charge on any atom is 0.408 e. The van der Waals surface area contributed by atoms with Gasteiger partial charge in [-0.2, -0.15) is 5.10 Å². The third kappa shape index (κ3) is 7.73. The van der Waals surface area contributed by atoms with Crippen LogP contribution in [0.3, 0.4) is 0 Å². The molecule has 0 aliphatic heterocycles. The van der Waals surface area contributed by atoms with Crippen LogP contribution in [-0.4, -0.2) is 48.7 Å². The molecule has 33 heavy (non-hydrogen) atoms. The van der Waals surface area contributed by atoms with Crippen molar-refractivity contribution >= 4 is 35.7 Å². The Morgan fingerprint density at radius 2 is 1.91 bits per heavy atom. The van der Waals surface area contributed by atoms with E-state index in [4.69, 9.17) is 15.3 Å². The van der Waals surface area contributed by atoms with E-state index in [0.29, 0.717) is 28.3 Å². The molecule has 0 aromatic heterocycles. The average molecular weight is 457 g/mol. The van der Waals surface area contributed by atoms with Crippen molar-refractivity contribution in [2.75, 3.05) is 17.7 Å².